The van der Waals surface area contributed by atoms with Crippen molar-refractivity contribution in [1.29, 1.82) is 0 Å². The van der Waals surface area contributed by atoms with Crippen molar-refractivity contribution in [1.82, 2.24) is 0 Å². The number of carbonyl (C=O) groups is 2. The summed E-state index contributed by atoms with van der Waals surface area (Å²) in [5.74, 6) is 0.373. The molecule has 0 aromatic rings. The minimum absolute atomic E-state index is 0.183. The number of rotatable bonds is 3. The number of esters is 2. The van der Waals surface area contributed by atoms with Crippen LogP contribution in [0.2, 0.25) is 0 Å². The van der Waals surface area contributed by atoms with E-state index in [1.807, 2.05) is 27.7 Å². The van der Waals surface area contributed by atoms with Crippen LogP contribution in [0.3, 0.4) is 0 Å². The summed E-state index contributed by atoms with van der Waals surface area (Å²) in [6, 6.07) is -0.568. The van der Waals surface area contributed by atoms with E-state index >= 15 is 0 Å². The van der Waals surface area contributed by atoms with Crippen LogP contribution in [0, 0.1) is 17.3 Å². The Morgan fingerprint density at radius 3 is 2.58 bits per heavy atom. The predicted molar refractivity (Wildman–Crippen MR) is 90.8 cm³/mol. The minimum Gasteiger partial charge on any atom is -0.460 e. The highest BCUT2D eigenvalue weighted by molar-refractivity contribution is 6.00. The molecule has 24 heavy (non-hydrogen) atoms. The van der Waals surface area contributed by atoms with Gasteiger partial charge in [-0.25, -0.2) is 4.79 Å². The number of aliphatic imine (C=N–C) groups is 1. The summed E-state index contributed by atoms with van der Waals surface area (Å²) in [5.41, 5.74) is 0.150. The van der Waals surface area contributed by atoms with Crippen molar-refractivity contribution in [3.8, 4) is 0 Å². The normalized spacial score (nSPS) is 36.8. The van der Waals surface area contributed by atoms with Gasteiger partial charge in [-0.15, -0.1) is 0 Å². The minimum atomic E-state index is -0.568. The van der Waals surface area contributed by atoms with Gasteiger partial charge in [0.2, 0.25) is 0 Å². The Hall–Kier alpha value is -1.39. The lowest BCUT2D eigenvalue weighted by atomic mass is 9.43. The van der Waals surface area contributed by atoms with E-state index in [2.05, 4.69) is 13.8 Å². The van der Waals surface area contributed by atoms with Crippen molar-refractivity contribution in [2.75, 3.05) is 0 Å². The highest BCUT2D eigenvalue weighted by atomic mass is 16.6. The molecule has 4 atom stereocenters. The highest BCUT2D eigenvalue weighted by Crippen LogP contribution is 2.63. The van der Waals surface area contributed by atoms with Crippen LogP contribution < -0.4 is 0 Å². The fourth-order valence-corrected chi connectivity index (χ4v) is 4.59. The lowest BCUT2D eigenvalue weighted by Gasteiger charge is -2.64. The van der Waals surface area contributed by atoms with E-state index < -0.39 is 17.2 Å². The molecule has 4 rings (SSSR count). The zero-order valence-corrected chi connectivity index (χ0v) is 15.6. The largest absolute Gasteiger partial charge is 0.460 e. The molecule has 134 valence electrons. The molecule has 1 heterocycles. The van der Waals surface area contributed by atoms with Gasteiger partial charge in [-0.05, 0) is 58.3 Å². The second kappa shape index (κ2) is 5.30. The molecule has 0 radical (unpaired) electrons. The maximum Gasteiger partial charge on any atom is 0.331 e. The van der Waals surface area contributed by atoms with Gasteiger partial charge in [0.15, 0.2) is 5.60 Å². The fourth-order valence-electron chi connectivity index (χ4n) is 4.59. The molecule has 0 amide bonds. The Balaban J connectivity index is 1.69. The summed E-state index contributed by atoms with van der Waals surface area (Å²) in [6.45, 7) is 12.0. The molecule has 0 spiro atoms. The van der Waals surface area contributed by atoms with Crippen molar-refractivity contribution >= 4 is 17.7 Å². The molecule has 1 aliphatic heterocycles. The molecule has 0 aromatic carbocycles. The van der Waals surface area contributed by atoms with Crippen LogP contribution in [-0.4, -0.2) is 34.9 Å². The molecule has 0 aromatic heterocycles. The average Bonchev–Trinajstić information content (AvgIpc) is 2.41. The van der Waals surface area contributed by atoms with E-state index in [1.165, 1.54) is 0 Å². The zero-order valence-electron chi connectivity index (χ0n) is 15.6. The Bertz CT molecular complexity index is 601. The quantitative estimate of drug-likeness (QED) is 0.742. The van der Waals surface area contributed by atoms with Crippen LogP contribution >= 0.6 is 0 Å². The lowest BCUT2D eigenvalue weighted by Crippen LogP contribution is -2.68. The van der Waals surface area contributed by atoms with Gasteiger partial charge in [-0.2, -0.15) is 0 Å². The third-order valence-electron chi connectivity index (χ3n) is 6.09. The number of nitrogens with zero attached hydrogens (tertiary/aromatic N) is 1. The highest BCUT2D eigenvalue weighted by Gasteiger charge is 2.65. The molecule has 3 saturated carbocycles. The van der Waals surface area contributed by atoms with Crippen molar-refractivity contribution in [2.45, 2.75) is 84.5 Å². The summed E-state index contributed by atoms with van der Waals surface area (Å²) in [7, 11) is 0. The monoisotopic (exact) mass is 335 g/mol. The van der Waals surface area contributed by atoms with E-state index in [-0.39, 0.29) is 23.8 Å². The van der Waals surface area contributed by atoms with Crippen molar-refractivity contribution in [3.05, 3.63) is 0 Å². The van der Waals surface area contributed by atoms with Crippen molar-refractivity contribution in [3.63, 3.8) is 0 Å². The molecule has 4 aliphatic rings. The molecular formula is C19H29NO4. The van der Waals surface area contributed by atoms with Crippen molar-refractivity contribution < 1.29 is 19.1 Å². The Morgan fingerprint density at radius 2 is 2.00 bits per heavy atom. The maximum absolute atomic E-state index is 12.4. The van der Waals surface area contributed by atoms with E-state index in [9.17, 15) is 9.59 Å². The number of carbonyl (C=O) groups excluding carboxylic acids is 2. The third kappa shape index (κ3) is 2.76. The van der Waals surface area contributed by atoms with Gasteiger partial charge in [0, 0.05) is 12.3 Å². The average molecular weight is 335 g/mol. The van der Waals surface area contributed by atoms with Gasteiger partial charge in [0.25, 0.3) is 0 Å². The van der Waals surface area contributed by atoms with E-state index in [0.717, 1.165) is 18.6 Å². The molecular weight excluding hydrogens is 306 g/mol. The van der Waals surface area contributed by atoms with Gasteiger partial charge in [0.05, 0.1) is 5.71 Å². The van der Waals surface area contributed by atoms with Gasteiger partial charge in [-0.3, -0.25) is 9.79 Å². The van der Waals surface area contributed by atoms with Crippen molar-refractivity contribution in [2.24, 2.45) is 22.2 Å². The van der Waals surface area contributed by atoms with Crippen LogP contribution in [0.5, 0.6) is 0 Å². The first kappa shape index (κ1) is 17.4. The van der Waals surface area contributed by atoms with E-state index in [0.29, 0.717) is 18.3 Å². The second-order valence-electron chi connectivity index (χ2n) is 9.26. The first-order chi connectivity index (χ1) is 10.9. The standard InChI is InChI=1S/C19H29NO4/c1-17(2,3)23-15(21)8-7-12-16(22)24-19(6)13-9-11(18(13,4)5)10-14(19)20-12/h11-13H,7-10H2,1-6H3/t11-,12-,13-,19-/m0/s1. The van der Waals surface area contributed by atoms with Crippen LogP contribution in [-0.2, 0) is 19.1 Å². The Labute approximate surface area is 144 Å². The molecule has 3 aliphatic carbocycles. The number of ether oxygens (including phenoxy) is 2. The molecule has 3 fully saturated rings. The van der Waals surface area contributed by atoms with E-state index in [1.54, 1.807) is 0 Å². The van der Waals surface area contributed by atoms with Crippen LogP contribution in [0.15, 0.2) is 4.99 Å². The smallest absolute Gasteiger partial charge is 0.331 e. The summed E-state index contributed by atoms with van der Waals surface area (Å²) >= 11 is 0. The number of hydrogen-bond donors (Lipinski definition) is 0. The molecule has 0 unspecified atom stereocenters. The third-order valence-corrected chi connectivity index (χ3v) is 6.09. The van der Waals surface area contributed by atoms with E-state index in [4.69, 9.17) is 14.5 Å². The Morgan fingerprint density at radius 1 is 1.33 bits per heavy atom. The first-order valence-corrected chi connectivity index (χ1v) is 8.95. The zero-order chi connectivity index (χ0) is 17.9. The lowest BCUT2D eigenvalue weighted by molar-refractivity contribution is -0.188. The predicted octanol–water partition coefficient (Wildman–Crippen LogP) is 3.30. The van der Waals surface area contributed by atoms with Crippen LogP contribution in [0.25, 0.3) is 0 Å². The van der Waals surface area contributed by atoms with Crippen LogP contribution in [0.4, 0.5) is 0 Å². The second-order valence-corrected chi connectivity index (χ2v) is 9.26. The first-order valence-electron chi connectivity index (χ1n) is 8.95. The Kier molecular flexibility index (Phi) is 3.85. The molecule has 0 saturated heterocycles. The summed E-state index contributed by atoms with van der Waals surface area (Å²) < 4.78 is 11.2. The van der Waals surface area contributed by atoms with Gasteiger partial charge < -0.3 is 9.47 Å². The van der Waals surface area contributed by atoms with Gasteiger partial charge in [0.1, 0.15) is 11.6 Å². The van der Waals surface area contributed by atoms with Crippen LogP contribution in [0.1, 0.15) is 67.2 Å². The maximum atomic E-state index is 12.4. The van der Waals surface area contributed by atoms with Gasteiger partial charge >= 0.3 is 11.9 Å². The summed E-state index contributed by atoms with van der Waals surface area (Å²) in [5, 5.41) is 0. The summed E-state index contributed by atoms with van der Waals surface area (Å²) in [4.78, 5) is 29.0. The molecule has 2 bridgehead atoms. The topological polar surface area (TPSA) is 65.0 Å². The number of hydrogen-bond acceptors (Lipinski definition) is 5. The fraction of sp³-hybridized carbons (Fsp3) is 0.842. The molecule has 5 nitrogen and oxygen atoms in total. The molecule has 5 heteroatoms. The molecule has 0 N–H and O–H groups in total. The van der Waals surface area contributed by atoms with Gasteiger partial charge in [-0.1, -0.05) is 13.8 Å². The summed E-state index contributed by atoms with van der Waals surface area (Å²) in [6.07, 6.45) is 2.55. The SMILES string of the molecule is CC(C)(C)OC(=O)CC[C@@H]1N=C2C[C@@H]3C[C@@H](C3(C)C)[C@]2(C)OC1=O.